The molecule has 5 aromatic rings. The van der Waals surface area contributed by atoms with Crippen molar-refractivity contribution in [1.82, 2.24) is 0 Å². The van der Waals surface area contributed by atoms with Crippen LogP contribution in [0.15, 0.2) is 133 Å². The third-order valence-corrected chi connectivity index (χ3v) is 8.17. The number of benzene rings is 5. The molecule has 3 aliphatic rings. The second-order valence-electron chi connectivity index (χ2n) is 10.0. The second-order valence-corrected chi connectivity index (χ2v) is 10.0. The van der Waals surface area contributed by atoms with Gasteiger partial charge in [-0.05, 0) is 78.1 Å². The molecule has 0 radical (unpaired) electrons. The molecule has 5 aromatic carbocycles. The highest BCUT2D eigenvalue weighted by Gasteiger charge is 2.32. The lowest BCUT2D eigenvalue weighted by Gasteiger charge is -2.34. The molecule has 36 heavy (non-hydrogen) atoms. The largest absolute Gasteiger partial charge is 0.0759 e. The first-order valence-electron chi connectivity index (χ1n) is 12.8. The van der Waals surface area contributed by atoms with Crippen LogP contribution in [0.1, 0.15) is 22.6 Å². The van der Waals surface area contributed by atoms with Crippen molar-refractivity contribution in [3.05, 3.63) is 149 Å². The molecule has 0 heterocycles. The molecular weight excluding hydrogens is 432 g/mol. The molecule has 0 aliphatic heterocycles. The molecular formula is C36H24. The number of rotatable bonds is 2. The Bertz CT molecular complexity index is 1780. The van der Waals surface area contributed by atoms with E-state index in [1.54, 1.807) is 0 Å². The van der Waals surface area contributed by atoms with Crippen molar-refractivity contribution in [3.63, 3.8) is 0 Å². The molecule has 0 spiro atoms. The van der Waals surface area contributed by atoms with E-state index in [9.17, 15) is 0 Å². The van der Waals surface area contributed by atoms with E-state index in [1.807, 2.05) is 0 Å². The highest BCUT2D eigenvalue weighted by atomic mass is 14.3. The molecule has 0 nitrogen and oxygen atoms in total. The Balaban J connectivity index is 1.50. The highest BCUT2D eigenvalue weighted by molar-refractivity contribution is 6.22. The normalized spacial score (nSPS) is 17.2. The van der Waals surface area contributed by atoms with E-state index in [-0.39, 0.29) is 0 Å². The molecule has 3 aliphatic carbocycles. The van der Waals surface area contributed by atoms with Gasteiger partial charge in [0.2, 0.25) is 0 Å². The monoisotopic (exact) mass is 456 g/mol. The molecule has 0 heteroatoms. The molecule has 8 rings (SSSR count). The summed E-state index contributed by atoms with van der Waals surface area (Å²) in [7, 11) is 0. The summed E-state index contributed by atoms with van der Waals surface area (Å²) >= 11 is 0. The quantitative estimate of drug-likeness (QED) is 0.232. The zero-order valence-corrected chi connectivity index (χ0v) is 19.9. The van der Waals surface area contributed by atoms with Gasteiger partial charge in [-0.15, -0.1) is 0 Å². The third kappa shape index (κ3) is 2.70. The Morgan fingerprint density at radius 1 is 0.556 bits per heavy atom. The minimum atomic E-state index is 0.361. The predicted molar refractivity (Wildman–Crippen MR) is 153 cm³/mol. The van der Waals surface area contributed by atoms with Gasteiger partial charge < -0.3 is 0 Å². The van der Waals surface area contributed by atoms with Crippen LogP contribution < -0.4 is 0 Å². The van der Waals surface area contributed by atoms with Gasteiger partial charge in [0, 0.05) is 5.92 Å². The Kier molecular flexibility index (Phi) is 4.15. The number of fused-ring (bicyclic) bond motifs is 2. The van der Waals surface area contributed by atoms with Gasteiger partial charge in [0.05, 0.1) is 0 Å². The van der Waals surface area contributed by atoms with Crippen LogP contribution in [0.5, 0.6) is 0 Å². The van der Waals surface area contributed by atoms with Crippen molar-refractivity contribution in [2.24, 2.45) is 0 Å². The lowest BCUT2D eigenvalue weighted by molar-refractivity contribution is 0.893. The minimum absolute atomic E-state index is 0.361. The van der Waals surface area contributed by atoms with Crippen molar-refractivity contribution >= 4 is 27.6 Å². The van der Waals surface area contributed by atoms with Gasteiger partial charge in [-0.25, -0.2) is 0 Å². The molecule has 0 bridgehead atoms. The van der Waals surface area contributed by atoms with E-state index in [2.05, 4.69) is 127 Å². The fourth-order valence-corrected chi connectivity index (χ4v) is 6.67. The summed E-state index contributed by atoms with van der Waals surface area (Å²) in [6.45, 7) is 0. The molecule has 1 unspecified atom stereocenters. The Hall–Kier alpha value is -4.42. The zero-order chi connectivity index (χ0) is 23.6. The predicted octanol–water partition coefficient (Wildman–Crippen LogP) is 9.42. The molecule has 168 valence electrons. The zero-order valence-electron chi connectivity index (χ0n) is 19.9. The molecule has 0 saturated heterocycles. The smallest absolute Gasteiger partial charge is 0.0345 e. The van der Waals surface area contributed by atoms with Gasteiger partial charge in [0.15, 0.2) is 0 Å². The Morgan fingerprint density at radius 3 is 1.94 bits per heavy atom. The molecule has 1 atom stereocenters. The number of hydrogen-bond donors (Lipinski definition) is 0. The summed E-state index contributed by atoms with van der Waals surface area (Å²) in [5.41, 5.74) is 12.5. The van der Waals surface area contributed by atoms with Gasteiger partial charge in [0.1, 0.15) is 0 Å². The van der Waals surface area contributed by atoms with Gasteiger partial charge in [0.25, 0.3) is 0 Å². The fourth-order valence-electron chi connectivity index (χ4n) is 6.67. The summed E-state index contributed by atoms with van der Waals surface area (Å²) in [4.78, 5) is 0. The average Bonchev–Trinajstić information content (AvgIpc) is 2.95. The van der Waals surface area contributed by atoms with Crippen LogP contribution in [-0.4, -0.2) is 0 Å². The van der Waals surface area contributed by atoms with Crippen molar-refractivity contribution < 1.29 is 0 Å². The lowest BCUT2D eigenvalue weighted by Crippen LogP contribution is -2.17. The maximum Gasteiger partial charge on any atom is 0.0345 e. The summed E-state index contributed by atoms with van der Waals surface area (Å²) < 4.78 is 0. The number of hydrogen-bond acceptors (Lipinski definition) is 0. The van der Waals surface area contributed by atoms with Gasteiger partial charge in [-0.3, -0.25) is 0 Å². The molecule has 0 aromatic heterocycles. The Morgan fingerprint density at radius 2 is 1.22 bits per heavy atom. The summed E-state index contributed by atoms with van der Waals surface area (Å²) in [6, 6.07) is 33.5. The van der Waals surface area contributed by atoms with Crippen LogP contribution in [-0.2, 0) is 6.42 Å². The Labute approximate surface area is 211 Å². The van der Waals surface area contributed by atoms with Crippen molar-refractivity contribution in [2.45, 2.75) is 12.3 Å². The topological polar surface area (TPSA) is 0 Å². The number of allylic oxidation sites excluding steroid dienone is 7. The third-order valence-electron chi connectivity index (χ3n) is 8.17. The summed E-state index contributed by atoms with van der Waals surface area (Å²) in [5, 5.41) is 5.25. The standard InChI is InChI=1S/C36H24/c1-2-9-23(10-3-1)34-27-13-4-6-15-29(27)36(30-16-7-5-14-28(30)34)32-22-20-26-18-17-24-11-8-12-25-19-21-31(32)35(26)33(24)25/h1-17,19-22,33H,18H2. The molecule has 0 amide bonds. The van der Waals surface area contributed by atoms with Crippen LogP contribution in [0.2, 0.25) is 0 Å². The van der Waals surface area contributed by atoms with Crippen molar-refractivity contribution in [1.29, 1.82) is 0 Å². The average molecular weight is 457 g/mol. The molecule has 0 fully saturated rings. The van der Waals surface area contributed by atoms with Gasteiger partial charge in [-0.2, -0.15) is 0 Å². The van der Waals surface area contributed by atoms with E-state index in [1.165, 1.54) is 71.6 Å². The molecule has 0 N–H and O–H groups in total. The maximum absolute atomic E-state index is 2.42. The van der Waals surface area contributed by atoms with E-state index in [0.717, 1.165) is 6.42 Å². The SMILES string of the molecule is C1=CC2=CCc3ccc(-c4c5ccccc5c(-c5ccccc5)c5ccccc45)c4c3C2C(=C1)C=C4. The van der Waals surface area contributed by atoms with Gasteiger partial charge in [-0.1, -0.05) is 127 Å². The summed E-state index contributed by atoms with van der Waals surface area (Å²) in [5.74, 6) is 0.361. The van der Waals surface area contributed by atoms with Crippen molar-refractivity contribution in [2.75, 3.05) is 0 Å². The van der Waals surface area contributed by atoms with E-state index >= 15 is 0 Å². The first-order chi connectivity index (χ1) is 17.9. The van der Waals surface area contributed by atoms with E-state index in [4.69, 9.17) is 0 Å². The second kappa shape index (κ2) is 7.54. The molecule has 0 saturated carbocycles. The van der Waals surface area contributed by atoms with Gasteiger partial charge >= 0.3 is 0 Å². The first-order valence-corrected chi connectivity index (χ1v) is 12.8. The van der Waals surface area contributed by atoms with Crippen LogP contribution in [0.25, 0.3) is 49.9 Å². The van der Waals surface area contributed by atoms with E-state index in [0.29, 0.717) is 5.92 Å². The van der Waals surface area contributed by atoms with E-state index < -0.39 is 0 Å². The van der Waals surface area contributed by atoms with Crippen LogP contribution in [0.3, 0.4) is 0 Å². The van der Waals surface area contributed by atoms with Crippen LogP contribution >= 0.6 is 0 Å². The first kappa shape index (κ1) is 19.8. The minimum Gasteiger partial charge on any atom is -0.0759 e. The fraction of sp³-hybridized carbons (Fsp3) is 0.0556. The highest BCUT2D eigenvalue weighted by Crippen LogP contribution is 2.51. The maximum atomic E-state index is 2.42. The van der Waals surface area contributed by atoms with Crippen molar-refractivity contribution in [3.8, 4) is 22.3 Å². The van der Waals surface area contributed by atoms with Crippen LogP contribution in [0, 0.1) is 0 Å². The lowest BCUT2D eigenvalue weighted by atomic mass is 9.69. The van der Waals surface area contributed by atoms with Crippen LogP contribution in [0.4, 0.5) is 0 Å². The summed E-state index contributed by atoms with van der Waals surface area (Å²) in [6.07, 6.45) is 14.9.